The molecule has 0 saturated carbocycles. The first-order chi connectivity index (χ1) is 2.41. The molecule has 0 N–H and O–H groups in total. The fraction of sp³-hybridized carbons (Fsp3) is 1.00. The molecule has 0 aromatic carbocycles. The highest BCUT2D eigenvalue weighted by molar-refractivity contribution is 7.98. The Morgan fingerprint density at radius 3 is 2.00 bits per heavy atom. The average molecular weight is 106 g/mol. The van der Waals surface area contributed by atoms with Crippen LogP contribution in [0.2, 0.25) is 0 Å². The minimum atomic E-state index is 0. The van der Waals surface area contributed by atoms with Gasteiger partial charge in [-0.15, -0.1) is 0 Å². The number of rotatable bonds is 2. The summed E-state index contributed by atoms with van der Waals surface area (Å²) in [5.41, 5.74) is 0. The van der Waals surface area contributed by atoms with Crippen molar-refractivity contribution in [3.63, 3.8) is 0 Å². The molecule has 40 valence electrons. The summed E-state index contributed by atoms with van der Waals surface area (Å²) >= 11 is 1.90. The molecule has 0 heterocycles. The maximum Gasteiger partial charge on any atom is -0.00729 e. The van der Waals surface area contributed by atoms with Gasteiger partial charge in [-0.25, -0.2) is 0 Å². The Morgan fingerprint density at radius 2 is 2.00 bits per heavy atom. The van der Waals surface area contributed by atoms with E-state index in [2.05, 4.69) is 13.2 Å². The lowest BCUT2D eigenvalue weighted by molar-refractivity contribution is 1.11. The zero-order valence-electron chi connectivity index (χ0n) is 3.82. The first-order valence-electron chi connectivity index (χ1n) is 1.90. The van der Waals surface area contributed by atoms with Crippen molar-refractivity contribution >= 4 is 11.8 Å². The average Bonchev–Trinajstić information content (AvgIpc) is 1.41. The molecule has 0 rings (SSSR count). The van der Waals surface area contributed by atoms with Crippen LogP contribution >= 0.6 is 11.8 Å². The second-order valence-electron chi connectivity index (χ2n) is 0.993. The lowest BCUT2D eigenvalue weighted by atomic mass is 10.6. The monoisotopic (exact) mass is 106 g/mol. The standard InChI is InChI=1S/C4H10S.CH4/c1-3-4-5-2;/h3-4H2,1-2H3;1H4. The Morgan fingerprint density at radius 1 is 1.50 bits per heavy atom. The highest BCUT2D eigenvalue weighted by atomic mass is 32.2. The fourth-order valence-electron chi connectivity index (χ4n) is 0.204. The summed E-state index contributed by atoms with van der Waals surface area (Å²) < 4.78 is 0. The maximum absolute atomic E-state index is 2.19. The van der Waals surface area contributed by atoms with E-state index in [0.29, 0.717) is 0 Å². The highest BCUT2D eigenvalue weighted by Gasteiger charge is 1.67. The Kier molecular flexibility index (Phi) is 14.4. The fourth-order valence-corrected chi connectivity index (χ4v) is 0.612. The van der Waals surface area contributed by atoms with Gasteiger partial charge in [0, 0.05) is 0 Å². The molecule has 0 saturated heterocycles. The largest absolute Gasteiger partial charge is 0.165 e. The second kappa shape index (κ2) is 9.02. The van der Waals surface area contributed by atoms with E-state index in [1.54, 1.807) is 0 Å². The van der Waals surface area contributed by atoms with Crippen molar-refractivity contribution in [2.24, 2.45) is 0 Å². The first kappa shape index (κ1) is 9.61. The van der Waals surface area contributed by atoms with Crippen LogP contribution in [0.4, 0.5) is 0 Å². The molecule has 0 radical (unpaired) electrons. The van der Waals surface area contributed by atoms with Gasteiger partial charge in [-0.2, -0.15) is 11.8 Å². The summed E-state index contributed by atoms with van der Waals surface area (Å²) in [5.74, 6) is 1.31. The van der Waals surface area contributed by atoms with E-state index < -0.39 is 0 Å². The van der Waals surface area contributed by atoms with Gasteiger partial charge in [-0.1, -0.05) is 14.4 Å². The SMILES string of the molecule is C.CCCSC. The highest BCUT2D eigenvalue weighted by Crippen LogP contribution is 1.91. The van der Waals surface area contributed by atoms with E-state index in [0.717, 1.165) is 0 Å². The van der Waals surface area contributed by atoms with E-state index in [1.165, 1.54) is 12.2 Å². The molecule has 0 unspecified atom stereocenters. The van der Waals surface area contributed by atoms with E-state index in [1.807, 2.05) is 11.8 Å². The van der Waals surface area contributed by atoms with Crippen molar-refractivity contribution < 1.29 is 0 Å². The third kappa shape index (κ3) is 8.84. The van der Waals surface area contributed by atoms with Crippen LogP contribution in [-0.2, 0) is 0 Å². The number of hydrogen-bond donors (Lipinski definition) is 0. The van der Waals surface area contributed by atoms with Gasteiger partial charge in [0.2, 0.25) is 0 Å². The van der Waals surface area contributed by atoms with Crippen LogP contribution in [0.3, 0.4) is 0 Å². The molecule has 0 atom stereocenters. The van der Waals surface area contributed by atoms with Crippen molar-refractivity contribution in [2.45, 2.75) is 20.8 Å². The number of thioether (sulfide) groups is 1. The van der Waals surface area contributed by atoms with Crippen molar-refractivity contribution in [2.75, 3.05) is 12.0 Å². The molecule has 0 aromatic heterocycles. The molecular weight excluding hydrogens is 92.1 g/mol. The van der Waals surface area contributed by atoms with Crippen LogP contribution in [0.5, 0.6) is 0 Å². The number of hydrogen-bond acceptors (Lipinski definition) is 1. The predicted octanol–water partition coefficient (Wildman–Crippen LogP) is 2.40. The molecule has 0 bridgehead atoms. The summed E-state index contributed by atoms with van der Waals surface area (Å²) in [7, 11) is 0. The Balaban J connectivity index is 0. The molecule has 0 aromatic rings. The minimum absolute atomic E-state index is 0. The minimum Gasteiger partial charge on any atom is -0.165 e. The molecule has 0 spiro atoms. The molecule has 1 heteroatoms. The molecular formula is C5H14S. The van der Waals surface area contributed by atoms with Gasteiger partial charge in [0.15, 0.2) is 0 Å². The molecule has 0 aliphatic rings. The lowest BCUT2D eigenvalue weighted by Gasteiger charge is -1.80. The van der Waals surface area contributed by atoms with E-state index in [-0.39, 0.29) is 7.43 Å². The van der Waals surface area contributed by atoms with E-state index in [4.69, 9.17) is 0 Å². The lowest BCUT2D eigenvalue weighted by Crippen LogP contribution is -1.64. The van der Waals surface area contributed by atoms with Gasteiger partial charge in [0.25, 0.3) is 0 Å². The van der Waals surface area contributed by atoms with Crippen molar-refractivity contribution in [1.82, 2.24) is 0 Å². The summed E-state index contributed by atoms with van der Waals surface area (Å²) in [4.78, 5) is 0. The summed E-state index contributed by atoms with van der Waals surface area (Å²) in [6.45, 7) is 2.19. The molecule has 0 nitrogen and oxygen atoms in total. The van der Waals surface area contributed by atoms with Crippen LogP contribution in [0.1, 0.15) is 20.8 Å². The topological polar surface area (TPSA) is 0 Å². The molecule has 0 aliphatic heterocycles. The van der Waals surface area contributed by atoms with Gasteiger partial charge in [-0.3, -0.25) is 0 Å². The molecule has 0 fully saturated rings. The van der Waals surface area contributed by atoms with Gasteiger partial charge < -0.3 is 0 Å². The Hall–Kier alpha value is 0.350. The summed E-state index contributed by atoms with van der Waals surface area (Å²) in [6, 6.07) is 0. The van der Waals surface area contributed by atoms with Crippen molar-refractivity contribution in [1.29, 1.82) is 0 Å². The molecule has 0 amide bonds. The molecule has 0 aliphatic carbocycles. The third-order valence-corrected chi connectivity index (χ3v) is 1.22. The van der Waals surface area contributed by atoms with Crippen LogP contribution < -0.4 is 0 Å². The third-order valence-electron chi connectivity index (χ3n) is 0.408. The summed E-state index contributed by atoms with van der Waals surface area (Å²) in [5, 5.41) is 0. The van der Waals surface area contributed by atoms with Crippen LogP contribution in [0.25, 0.3) is 0 Å². The quantitative estimate of drug-likeness (QED) is 0.521. The Bertz CT molecular complexity index is 11.4. The summed E-state index contributed by atoms with van der Waals surface area (Å²) in [6.07, 6.45) is 3.44. The predicted molar refractivity (Wildman–Crippen MR) is 35.4 cm³/mol. The van der Waals surface area contributed by atoms with Crippen LogP contribution in [0, 0.1) is 0 Å². The normalized spacial score (nSPS) is 7.00. The van der Waals surface area contributed by atoms with E-state index >= 15 is 0 Å². The van der Waals surface area contributed by atoms with Crippen LogP contribution in [-0.4, -0.2) is 12.0 Å². The van der Waals surface area contributed by atoms with Gasteiger partial charge in [0.05, 0.1) is 0 Å². The first-order valence-corrected chi connectivity index (χ1v) is 3.30. The van der Waals surface area contributed by atoms with Gasteiger partial charge in [-0.05, 0) is 18.4 Å². The Labute approximate surface area is 45.3 Å². The van der Waals surface area contributed by atoms with Crippen molar-refractivity contribution in [3.8, 4) is 0 Å². The zero-order valence-corrected chi connectivity index (χ0v) is 4.64. The van der Waals surface area contributed by atoms with E-state index in [9.17, 15) is 0 Å². The van der Waals surface area contributed by atoms with Crippen molar-refractivity contribution in [3.05, 3.63) is 0 Å². The smallest absolute Gasteiger partial charge is 0.00729 e. The maximum atomic E-state index is 2.19. The zero-order chi connectivity index (χ0) is 4.12. The van der Waals surface area contributed by atoms with Crippen LogP contribution in [0.15, 0.2) is 0 Å². The van der Waals surface area contributed by atoms with Gasteiger partial charge in [0.1, 0.15) is 0 Å². The van der Waals surface area contributed by atoms with Gasteiger partial charge >= 0.3 is 0 Å². The second-order valence-corrected chi connectivity index (χ2v) is 1.98. The molecule has 6 heavy (non-hydrogen) atoms.